The molecule has 1 aliphatic rings. The van der Waals surface area contributed by atoms with Crippen molar-refractivity contribution in [2.24, 2.45) is 0 Å². The third-order valence-electron chi connectivity index (χ3n) is 10.5. The Morgan fingerprint density at radius 3 is 1.65 bits per heavy atom. The molecule has 0 amide bonds. The number of nitrogens with zero attached hydrogens (tertiary/aromatic N) is 1. The maximum absolute atomic E-state index is 7.05. The fourth-order valence-electron chi connectivity index (χ4n) is 8.15. The van der Waals surface area contributed by atoms with Crippen LogP contribution in [-0.4, -0.2) is 0 Å². The second-order valence-electron chi connectivity index (χ2n) is 13.7. The predicted octanol–water partition coefficient (Wildman–Crippen LogP) is 13.6. The first-order valence-electron chi connectivity index (χ1n) is 17.5. The van der Waals surface area contributed by atoms with Crippen molar-refractivity contribution in [1.82, 2.24) is 0 Å². The van der Waals surface area contributed by atoms with Crippen molar-refractivity contribution in [3.05, 3.63) is 220 Å². The van der Waals surface area contributed by atoms with E-state index in [1.807, 2.05) is 0 Å². The van der Waals surface area contributed by atoms with Gasteiger partial charge in [0.15, 0.2) is 0 Å². The van der Waals surface area contributed by atoms with Crippen molar-refractivity contribution >= 4 is 39.4 Å². The van der Waals surface area contributed by atoms with Crippen molar-refractivity contribution in [2.75, 3.05) is 4.90 Å². The van der Waals surface area contributed by atoms with Gasteiger partial charge in [-0.05, 0) is 118 Å². The Hall–Kier alpha value is -5.89. The minimum absolute atomic E-state index is 0.526. The number of anilines is 3. The molecule has 0 atom stereocenters. The molecular formula is C49H36ClN. The van der Waals surface area contributed by atoms with Crippen molar-refractivity contribution in [1.29, 1.82) is 0 Å². The zero-order chi connectivity index (χ0) is 34.5. The summed E-state index contributed by atoms with van der Waals surface area (Å²) in [5.74, 6) is 0. The zero-order valence-electron chi connectivity index (χ0n) is 28.6. The molecule has 0 fully saturated rings. The van der Waals surface area contributed by atoms with E-state index in [4.69, 9.17) is 11.6 Å². The topological polar surface area (TPSA) is 3.24 Å². The first kappa shape index (κ1) is 31.1. The first-order valence-corrected chi connectivity index (χ1v) is 17.9. The number of aryl methyl sites for hydroxylation is 2. The summed E-state index contributed by atoms with van der Waals surface area (Å²) in [6, 6.07) is 66.3. The Morgan fingerprint density at radius 2 is 1.02 bits per heavy atom. The van der Waals surface area contributed by atoms with Crippen molar-refractivity contribution in [3.8, 4) is 22.3 Å². The monoisotopic (exact) mass is 673 g/mol. The van der Waals surface area contributed by atoms with Crippen LogP contribution in [0.4, 0.5) is 17.1 Å². The molecule has 0 N–H and O–H groups in total. The predicted molar refractivity (Wildman–Crippen MR) is 216 cm³/mol. The second-order valence-corrected chi connectivity index (χ2v) is 14.1. The van der Waals surface area contributed by atoms with Crippen LogP contribution >= 0.6 is 11.6 Å². The van der Waals surface area contributed by atoms with Crippen LogP contribution in [-0.2, 0) is 5.41 Å². The van der Waals surface area contributed by atoms with E-state index in [1.165, 1.54) is 55.3 Å². The van der Waals surface area contributed by atoms with Gasteiger partial charge in [-0.1, -0.05) is 156 Å². The molecule has 8 aromatic carbocycles. The van der Waals surface area contributed by atoms with E-state index in [1.54, 1.807) is 0 Å². The molecule has 0 heterocycles. The van der Waals surface area contributed by atoms with Gasteiger partial charge in [-0.2, -0.15) is 0 Å². The average molecular weight is 674 g/mol. The summed E-state index contributed by atoms with van der Waals surface area (Å²) in [7, 11) is 0. The van der Waals surface area contributed by atoms with E-state index in [2.05, 4.69) is 201 Å². The smallest absolute Gasteiger partial charge is 0.0719 e. The van der Waals surface area contributed by atoms with Gasteiger partial charge in [0.05, 0.1) is 5.41 Å². The zero-order valence-corrected chi connectivity index (χ0v) is 29.4. The third kappa shape index (κ3) is 5.16. The van der Waals surface area contributed by atoms with Crippen LogP contribution in [0.15, 0.2) is 182 Å². The Morgan fingerprint density at radius 1 is 0.451 bits per heavy atom. The van der Waals surface area contributed by atoms with E-state index >= 15 is 0 Å². The molecule has 1 aliphatic carbocycles. The maximum atomic E-state index is 7.05. The highest BCUT2D eigenvalue weighted by molar-refractivity contribution is 6.31. The Bertz CT molecular complexity index is 2450. The van der Waals surface area contributed by atoms with Crippen molar-refractivity contribution in [2.45, 2.75) is 19.3 Å². The lowest BCUT2D eigenvalue weighted by atomic mass is 9.66. The molecule has 0 bridgehead atoms. The minimum atomic E-state index is -0.526. The van der Waals surface area contributed by atoms with Gasteiger partial charge in [0.2, 0.25) is 0 Å². The van der Waals surface area contributed by atoms with Crippen LogP contribution in [0.2, 0.25) is 5.02 Å². The maximum Gasteiger partial charge on any atom is 0.0719 e. The summed E-state index contributed by atoms with van der Waals surface area (Å²) in [6.07, 6.45) is 0. The summed E-state index contributed by atoms with van der Waals surface area (Å²) in [5, 5.41) is 3.21. The average Bonchev–Trinajstić information content (AvgIpc) is 3.48. The van der Waals surface area contributed by atoms with Crippen LogP contribution in [0.25, 0.3) is 33.0 Å². The fourth-order valence-corrected chi connectivity index (χ4v) is 8.38. The summed E-state index contributed by atoms with van der Waals surface area (Å²) in [4.78, 5) is 2.29. The van der Waals surface area contributed by atoms with E-state index < -0.39 is 5.41 Å². The lowest BCUT2D eigenvalue weighted by Gasteiger charge is -2.35. The van der Waals surface area contributed by atoms with Crippen molar-refractivity contribution in [3.63, 3.8) is 0 Å². The number of rotatable bonds is 6. The lowest BCUT2D eigenvalue weighted by molar-refractivity contribution is 0.776. The fraction of sp³-hybridized carbons (Fsp3) is 0.0612. The number of benzene rings is 8. The number of hydrogen-bond donors (Lipinski definition) is 0. The molecule has 1 nitrogen and oxygen atoms in total. The normalized spacial score (nSPS) is 12.8. The molecule has 8 aromatic rings. The van der Waals surface area contributed by atoms with Gasteiger partial charge < -0.3 is 4.90 Å². The number of hydrogen-bond acceptors (Lipinski definition) is 1. The van der Waals surface area contributed by atoms with E-state index in [9.17, 15) is 0 Å². The van der Waals surface area contributed by atoms with Gasteiger partial charge >= 0.3 is 0 Å². The Labute approximate surface area is 305 Å². The van der Waals surface area contributed by atoms with E-state index in [0.29, 0.717) is 5.02 Å². The third-order valence-corrected chi connectivity index (χ3v) is 10.7. The SMILES string of the molecule is Cc1ccc(N(c2ccc(C)cc2)c2cc(Cl)cc(-c3ccc4c(c3)C(c3ccccc3)(c3ccccc3)c3c-4ccc4ccccc34)c2)cc1. The molecule has 2 heteroatoms. The molecule has 0 unspecified atom stereocenters. The van der Waals surface area contributed by atoms with Gasteiger partial charge in [-0.15, -0.1) is 0 Å². The van der Waals surface area contributed by atoms with Crippen LogP contribution in [0, 0.1) is 13.8 Å². The molecule has 51 heavy (non-hydrogen) atoms. The Balaban J connectivity index is 1.29. The molecular weight excluding hydrogens is 638 g/mol. The van der Waals surface area contributed by atoms with Crippen LogP contribution in [0.3, 0.4) is 0 Å². The largest absolute Gasteiger partial charge is 0.310 e. The Kier molecular flexibility index (Phi) is 7.60. The highest BCUT2D eigenvalue weighted by atomic mass is 35.5. The molecule has 244 valence electrons. The number of fused-ring (bicyclic) bond motifs is 5. The lowest BCUT2D eigenvalue weighted by Crippen LogP contribution is -2.28. The standard InChI is InChI=1S/C49H36ClN/c1-33-17-23-41(24-18-33)51(42-25-19-34(2)20-26-42)43-30-37(29-40(50)32-43)36-22-27-45-46-28-21-35-11-9-10-16-44(35)48(46)49(47(45)31-36,38-12-5-3-6-13-38)39-14-7-4-8-15-39/h3-32H,1-2H3. The molecule has 0 aliphatic heterocycles. The number of halogens is 1. The summed E-state index contributed by atoms with van der Waals surface area (Å²) in [6.45, 7) is 4.24. The summed E-state index contributed by atoms with van der Waals surface area (Å²) in [5.41, 5.74) is 14.9. The molecule has 0 radical (unpaired) electrons. The molecule has 0 saturated carbocycles. The second kappa shape index (κ2) is 12.5. The van der Waals surface area contributed by atoms with Gasteiger partial charge in [0, 0.05) is 22.1 Å². The van der Waals surface area contributed by atoms with Gasteiger partial charge in [-0.25, -0.2) is 0 Å². The van der Waals surface area contributed by atoms with E-state index in [0.717, 1.165) is 28.2 Å². The van der Waals surface area contributed by atoms with Gasteiger partial charge in [-0.3, -0.25) is 0 Å². The van der Waals surface area contributed by atoms with Crippen molar-refractivity contribution < 1.29 is 0 Å². The molecule has 9 rings (SSSR count). The summed E-state index contributed by atoms with van der Waals surface area (Å²) >= 11 is 7.05. The van der Waals surface area contributed by atoms with Gasteiger partial charge in [0.1, 0.15) is 0 Å². The van der Waals surface area contributed by atoms with Crippen LogP contribution < -0.4 is 4.90 Å². The molecule has 0 spiro atoms. The minimum Gasteiger partial charge on any atom is -0.310 e. The molecule has 0 aromatic heterocycles. The highest BCUT2D eigenvalue weighted by Gasteiger charge is 2.47. The van der Waals surface area contributed by atoms with E-state index in [-0.39, 0.29) is 0 Å². The van der Waals surface area contributed by atoms with Crippen LogP contribution in [0.5, 0.6) is 0 Å². The highest BCUT2D eigenvalue weighted by Crippen LogP contribution is 2.58. The van der Waals surface area contributed by atoms with Gasteiger partial charge in [0.25, 0.3) is 0 Å². The first-order chi connectivity index (χ1) is 25.0. The van der Waals surface area contributed by atoms with Crippen LogP contribution in [0.1, 0.15) is 33.4 Å². The summed E-state index contributed by atoms with van der Waals surface area (Å²) < 4.78 is 0. The molecule has 0 saturated heterocycles. The quantitative estimate of drug-likeness (QED) is 0.170.